The Labute approximate surface area is 108 Å². The molecule has 86 valence electrons. The molecular weight excluding hydrogens is 291 g/mol. The predicted molar refractivity (Wildman–Crippen MR) is 67.0 cm³/mol. The molecule has 2 aliphatic heterocycles. The summed E-state index contributed by atoms with van der Waals surface area (Å²) >= 11 is 9.50. The lowest BCUT2D eigenvalue weighted by Crippen LogP contribution is -1.98. The number of alkyl halides is 1. The van der Waals surface area contributed by atoms with Crippen molar-refractivity contribution in [3.63, 3.8) is 0 Å². The molecule has 0 atom stereocenters. The van der Waals surface area contributed by atoms with Crippen molar-refractivity contribution in [2.75, 3.05) is 19.1 Å². The third kappa shape index (κ3) is 1.45. The summed E-state index contributed by atoms with van der Waals surface area (Å²) in [6, 6.07) is 0. The molecule has 0 aromatic heterocycles. The summed E-state index contributed by atoms with van der Waals surface area (Å²) in [6.45, 7) is 1.54. The van der Waals surface area contributed by atoms with Crippen LogP contribution in [0.25, 0.3) is 0 Å². The van der Waals surface area contributed by atoms with E-state index in [1.54, 1.807) is 0 Å². The van der Waals surface area contributed by atoms with Gasteiger partial charge in [-0.25, -0.2) is 0 Å². The standard InChI is InChI=1S/C12H12BrClO2/c13-10-9-3-6-15-11(9)7(1-4-14)8-2-5-16-12(8)10/h1-6H2. The van der Waals surface area contributed by atoms with Gasteiger partial charge in [0.05, 0.1) is 17.7 Å². The zero-order chi connectivity index (χ0) is 11.1. The zero-order valence-corrected chi connectivity index (χ0v) is 11.2. The van der Waals surface area contributed by atoms with Crippen molar-refractivity contribution < 1.29 is 9.47 Å². The van der Waals surface area contributed by atoms with Crippen LogP contribution in [0.15, 0.2) is 4.47 Å². The minimum atomic E-state index is 0.629. The number of fused-ring (bicyclic) bond motifs is 2. The van der Waals surface area contributed by atoms with Gasteiger partial charge >= 0.3 is 0 Å². The maximum atomic E-state index is 5.87. The molecule has 16 heavy (non-hydrogen) atoms. The van der Waals surface area contributed by atoms with Crippen LogP contribution >= 0.6 is 27.5 Å². The number of ether oxygens (including phenoxy) is 2. The smallest absolute Gasteiger partial charge is 0.137 e. The fourth-order valence-electron chi connectivity index (χ4n) is 2.51. The number of rotatable bonds is 2. The molecule has 1 aromatic rings. The highest BCUT2D eigenvalue weighted by molar-refractivity contribution is 9.10. The van der Waals surface area contributed by atoms with Crippen molar-refractivity contribution in [2.45, 2.75) is 19.3 Å². The van der Waals surface area contributed by atoms with Crippen molar-refractivity contribution in [3.8, 4) is 11.5 Å². The van der Waals surface area contributed by atoms with E-state index in [0.29, 0.717) is 5.88 Å². The highest BCUT2D eigenvalue weighted by Crippen LogP contribution is 2.47. The molecule has 0 radical (unpaired) electrons. The Morgan fingerprint density at radius 1 is 1.06 bits per heavy atom. The second-order valence-electron chi connectivity index (χ2n) is 4.04. The third-order valence-electron chi connectivity index (χ3n) is 3.19. The van der Waals surface area contributed by atoms with Crippen molar-refractivity contribution in [3.05, 3.63) is 21.2 Å². The maximum absolute atomic E-state index is 5.87. The molecule has 0 unspecified atom stereocenters. The predicted octanol–water partition coefficient (Wildman–Crippen LogP) is 3.10. The summed E-state index contributed by atoms with van der Waals surface area (Å²) < 4.78 is 12.5. The first-order valence-electron chi connectivity index (χ1n) is 5.50. The molecule has 0 bridgehead atoms. The first-order chi connectivity index (χ1) is 7.83. The van der Waals surface area contributed by atoms with Gasteiger partial charge in [0.15, 0.2) is 0 Å². The van der Waals surface area contributed by atoms with E-state index in [1.165, 1.54) is 16.7 Å². The lowest BCUT2D eigenvalue weighted by atomic mass is 9.98. The summed E-state index contributed by atoms with van der Waals surface area (Å²) in [5, 5.41) is 0. The van der Waals surface area contributed by atoms with E-state index < -0.39 is 0 Å². The van der Waals surface area contributed by atoms with Crippen molar-refractivity contribution in [1.82, 2.24) is 0 Å². The molecule has 2 aliphatic rings. The molecule has 0 N–H and O–H groups in total. The highest BCUT2D eigenvalue weighted by Gasteiger charge is 2.29. The second kappa shape index (κ2) is 4.11. The van der Waals surface area contributed by atoms with Crippen LogP contribution in [0.2, 0.25) is 0 Å². The zero-order valence-electron chi connectivity index (χ0n) is 8.82. The molecule has 0 fully saturated rings. The van der Waals surface area contributed by atoms with Crippen LogP contribution < -0.4 is 9.47 Å². The van der Waals surface area contributed by atoms with Gasteiger partial charge in [-0.05, 0) is 22.4 Å². The van der Waals surface area contributed by atoms with Crippen LogP contribution in [-0.2, 0) is 19.3 Å². The number of hydrogen-bond acceptors (Lipinski definition) is 2. The largest absolute Gasteiger partial charge is 0.493 e. The number of benzene rings is 1. The summed E-state index contributed by atoms with van der Waals surface area (Å²) in [5.74, 6) is 2.70. The molecule has 0 spiro atoms. The Balaban J connectivity index is 2.23. The number of hydrogen-bond donors (Lipinski definition) is 0. The summed E-state index contributed by atoms with van der Waals surface area (Å²) in [7, 11) is 0. The first-order valence-corrected chi connectivity index (χ1v) is 6.83. The molecule has 0 saturated heterocycles. The van der Waals surface area contributed by atoms with E-state index in [-0.39, 0.29) is 0 Å². The second-order valence-corrected chi connectivity index (χ2v) is 5.21. The van der Waals surface area contributed by atoms with Crippen molar-refractivity contribution in [1.29, 1.82) is 0 Å². The monoisotopic (exact) mass is 302 g/mol. The van der Waals surface area contributed by atoms with Gasteiger partial charge in [-0.3, -0.25) is 0 Å². The van der Waals surface area contributed by atoms with E-state index in [4.69, 9.17) is 21.1 Å². The maximum Gasteiger partial charge on any atom is 0.137 e. The van der Waals surface area contributed by atoms with E-state index >= 15 is 0 Å². The summed E-state index contributed by atoms with van der Waals surface area (Å²) in [6.07, 6.45) is 2.79. The Morgan fingerprint density at radius 2 is 1.75 bits per heavy atom. The lowest BCUT2D eigenvalue weighted by molar-refractivity contribution is 0.353. The van der Waals surface area contributed by atoms with Crippen LogP contribution in [-0.4, -0.2) is 19.1 Å². The van der Waals surface area contributed by atoms with E-state index in [1.807, 2.05) is 0 Å². The Morgan fingerprint density at radius 3 is 2.50 bits per heavy atom. The van der Waals surface area contributed by atoms with Crippen molar-refractivity contribution >= 4 is 27.5 Å². The topological polar surface area (TPSA) is 18.5 Å². The Hall–Kier alpha value is -0.410. The third-order valence-corrected chi connectivity index (χ3v) is 4.22. The normalized spacial score (nSPS) is 16.6. The molecular formula is C12H12BrClO2. The van der Waals surface area contributed by atoms with Crippen LogP contribution in [0.1, 0.15) is 16.7 Å². The molecule has 3 rings (SSSR count). The average molecular weight is 304 g/mol. The van der Waals surface area contributed by atoms with Gasteiger partial charge in [0.1, 0.15) is 11.5 Å². The first kappa shape index (κ1) is 10.7. The Bertz CT molecular complexity index is 410. The molecule has 2 nitrogen and oxygen atoms in total. The lowest BCUT2D eigenvalue weighted by Gasteiger charge is -2.13. The van der Waals surface area contributed by atoms with Gasteiger partial charge in [-0.2, -0.15) is 0 Å². The van der Waals surface area contributed by atoms with Crippen LogP contribution in [0.5, 0.6) is 11.5 Å². The molecule has 1 aromatic carbocycles. The molecule has 4 heteroatoms. The minimum absolute atomic E-state index is 0.629. The fourth-order valence-corrected chi connectivity index (χ4v) is 3.43. The average Bonchev–Trinajstić information content (AvgIpc) is 2.92. The van der Waals surface area contributed by atoms with Crippen molar-refractivity contribution in [2.24, 2.45) is 0 Å². The molecule has 0 amide bonds. The van der Waals surface area contributed by atoms with Crippen LogP contribution in [0, 0.1) is 0 Å². The Kier molecular flexibility index (Phi) is 2.76. The van der Waals surface area contributed by atoms with E-state index in [0.717, 1.165) is 48.4 Å². The summed E-state index contributed by atoms with van der Waals surface area (Å²) in [5.41, 5.74) is 3.80. The van der Waals surface area contributed by atoms with Gasteiger partial charge in [-0.15, -0.1) is 11.6 Å². The van der Waals surface area contributed by atoms with Crippen LogP contribution in [0.3, 0.4) is 0 Å². The van der Waals surface area contributed by atoms with Gasteiger partial charge in [-0.1, -0.05) is 0 Å². The van der Waals surface area contributed by atoms with Gasteiger partial charge < -0.3 is 9.47 Å². The molecule has 0 aliphatic carbocycles. The molecule has 2 heterocycles. The van der Waals surface area contributed by atoms with Crippen LogP contribution in [0.4, 0.5) is 0 Å². The summed E-state index contributed by atoms with van der Waals surface area (Å²) in [4.78, 5) is 0. The fraction of sp³-hybridized carbons (Fsp3) is 0.500. The minimum Gasteiger partial charge on any atom is -0.493 e. The highest BCUT2D eigenvalue weighted by atomic mass is 79.9. The van der Waals surface area contributed by atoms with Gasteiger partial charge in [0, 0.05) is 35.4 Å². The SMILES string of the molecule is ClCCc1c2c(c(Br)c3c1OCC3)OCC2. The van der Waals surface area contributed by atoms with E-state index in [9.17, 15) is 0 Å². The van der Waals surface area contributed by atoms with Gasteiger partial charge in [0.25, 0.3) is 0 Å². The van der Waals surface area contributed by atoms with Gasteiger partial charge in [0.2, 0.25) is 0 Å². The van der Waals surface area contributed by atoms with E-state index in [2.05, 4.69) is 15.9 Å². The molecule has 0 saturated carbocycles. The number of halogens is 2. The quantitative estimate of drug-likeness (QED) is 0.782.